The minimum atomic E-state index is -0.344. The van der Waals surface area contributed by atoms with Crippen LogP contribution in [-0.4, -0.2) is 42.6 Å². The van der Waals surface area contributed by atoms with Crippen LogP contribution in [0.25, 0.3) is 0 Å². The Hall–Kier alpha value is -2.35. The minimum absolute atomic E-state index is 0.248. The van der Waals surface area contributed by atoms with E-state index in [0.29, 0.717) is 25.2 Å². The Morgan fingerprint density at radius 2 is 1.96 bits per heavy atom. The van der Waals surface area contributed by atoms with Crippen molar-refractivity contribution in [1.29, 1.82) is 0 Å². The van der Waals surface area contributed by atoms with Gasteiger partial charge in [-0.1, -0.05) is 18.2 Å². The van der Waals surface area contributed by atoms with E-state index in [1.54, 1.807) is 0 Å². The number of carbonyl (C=O) groups excluding carboxylic acids is 1. The molecule has 0 N–H and O–H groups in total. The third kappa shape index (κ3) is 4.16. The van der Waals surface area contributed by atoms with E-state index in [9.17, 15) is 4.79 Å². The molecule has 27 heavy (non-hydrogen) atoms. The highest BCUT2D eigenvalue weighted by Crippen LogP contribution is 2.38. The third-order valence-corrected chi connectivity index (χ3v) is 6.22. The van der Waals surface area contributed by atoms with E-state index in [2.05, 4.69) is 45.3 Å². The molecule has 1 fully saturated rings. The minimum Gasteiger partial charge on any atom is -0.371 e. The van der Waals surface area contributed by atoms with Crippen LogP contribution in [0.15, 0.2) is 34.5 Å². The van der Waals surface area contributed by atoms with Crippen molar-refractivity contribution in [3.63, 3.8) is 0 Å². The van der Waals surface area contributed by atoms with Gasteiger partial charge in [-0.2, -0.15) is 10.2 Å². The van der Waals surface area contributed by atoms with Crippen LogP contribution < -0.4 is 4.90 Å². The van der Waals surface area contributed by atoms with Crippen molar-refractivity contribution in [2.45, 2.75) is 50.6 Å². The number of fused-ring (bicyclic) bond motifs is 1. The molecule has 0 aliphatic carbocycles. The first-order chi connectivity index (χ1) is 13.2. The highest BCUT2D eigenvalue weighted by molar-refractivity contribution is 5.76. The fraction of sp³-hybridized carbons (Fsp3) is 0.591. The number of hydrogen-bond donors (Lipinski definition) is 0. The lowest BCUT2D eigenvalue weighted by molar-refractivity contribution is -0.132. The summed E-state index contributed by atoms with van der Waals surface area (Å²) in [5.74, 6) is 3.56. The number of carbonyl (C=O) groups is 1. The Morgan fingerprint density at radius 3 is 2.70 bits per heavy atom. The normalized spacial score (nSPS) is 20.4. The molecular weight excluding hydrogens is 336 g/mol. The van der Waals surface area contributed by atoms with Gasteiger partial charge >= 0.3 is 0 Å². The summed E-state index contributed by atoms with van der Waals surface area (Å²) in [5.41, 5.74) is 2.54. The smallest absolute Gasteiger partial charge is 0.222 e. The molecule has 0 radical (unpaired) electrons. The highest BCUT2D eigenvalue weighted by atomic mass is 16.2. The SMILES string of the molecule is C#CCCC1(CCC(=O)N2CCC(CN3CCc4ccccc43)CC2)N=N1. The van der Waals surface area contributed by atoms with Crippen molar-refractivity contribution in [2.24, 2.45) is 16.1 Å². The average molecular weight is 364 g/mol. The number of piperidine rings is 1. The Kier molecular flexibility index (Phi) is 5.15. The van der Waals surface area contributed by atoms with Gasteiger partial charge in [-0.05, 0) is 36.8 Å². The number of anilines is 1. The zero-order chi connectivity index (χ0) is 18.7. The van der Waals surface area contributed by atoms with Crippen LogP contribution in [0.2, 0.25) is 0 Å². The van der Waals surface area contributed by atoms with Gasteiger partial charge in [-0.15, -0.1) is 12.3 Å². The van der Waals surface area contributed by atoms with Crippen LogP contribution in [0.3, 0.4) is 0 Å². The van der Waals surface area contributed by atoms with Gasteiger partial charge in [-0.3, -0.25) is 4.79 Å². The lowest BCUT2D eigenvalue weighted by atomic mass is 9.95. The summed E-state index contributed by atoms with van der Waals surface area (Å²) in [4.78, 5) is 17.1. The van der Waals surface area contributed by atoms with Gasteiger partial charge in [0.2, 0.25) is 5.91 Å². The second-order valence-corrected chi connectivity index (χ2v) is 8.04. The standard InChI is InChI=1S/C22H28N4O/c1-2-3-12-22(23-24-22)13-8-21(27)25-14-9-18(10-15-25)17-26-16-11-19-6-4-5-7-20(19)26/h1,4-7,18H,3,8-17H2. The first-order valence-electron chi connectivity index (χ1n) is 10.2. The Labute approximate surface area is 161 Å². The van der Waals surface area contributed by atoms with Gasteiger partial charge in [0.05, 0.1) is 0 Å². The molecule has 0 atom stereocenters. The molecule has 5 nitrogen and oxygen atoms in total. The lowest BCUT2D eigenvalue weighted by Crippen LogP contribution is -2.41. The molecule has 1 saturated heterocycles. The third-order valence-electron chi connectivity index (χ3n) is 6.22. The number of rotatable bonds is 7. The molecule has 3 aliphatic heterocycles. The second kappa shape index (κ2) is 7.72. The van der Waals surface area contributed by atoms with Gasteiger partial charge in [0, 0.05) is 57.5 Å². The molecule has 0 aromatic heterocycles. The van der Waals surface area contributed by atoms with Crippen molar-refractivity contribution >= 4 is 11.6 Å². The van der Waals surface area contributed by atoms with Crippen LogP contribution in [0.5, 0.6) is 0 Å². The van der Waals surface area contributed by atoms with E-state index in [4.69, 9.17) is 6.42 Å². The van der Waals surface area contributed by atoms with Gasteiger partial charge in [0.25, 0.3) is 0 Å². The van der Waals surface area contributed by atoms with E-state index in [0.717, 1.165) is 51.9 Å². The van der Waals surface area contributed by atoms with Gasteiger partial charge < -0.3 is 9.80 Å². The molecule has 0 bridgehead atoms. The molecular formula is C22H28N4O. The van der Waals surface area contributed by atoms with Crippen molar-refractivity contribution < 1.29 is 4.79 Å². The average Bonchev–Trinajstić information content (AvgIpc) is 3.38. The number of benzene rings is 1. The van der Waals surface area contributed by atoms with Crippen LogP contribution >= 0.6 is 0 Å². The molecule has 0 spiro atoms. The summed E-state index contributed by atoms with van der Waals surface area (Å²) in [5, 5.41) is 8.26. The molecule has 3 aliphatic rings. The fourth-order valence-electron chi connectivity index (χ4n) is 4.41. The van der Waals surface area contributed by atoms with Crippen LogP contribution in [0.4, 0.5) is 5.69 Å². The quantitative estimate of drug-likeness (QED) is 0.694. The van der Waals surface area contributed by atoms with Crippen molar-refractivity contribution in [1.82, 2.24) is 4.90 Å². The first kappa shape index (κ1) is 18.0. The largest absolute Gasteiger partial charge is 0.371 e. The van der Waals surface area contributed by atoms with Crippen LogP contribution in [-0.2, 0) is 11.2 Å². The van der Waals surface area contributed by atoms with Crippen molar-refractivity contribution in [2.75, 3.05) is 31.1 Å². The molecule has 4 rings (SSSR count). The Morgan fingerprint density at radius 1 is 1.19 bits per heavy atom. The number of likely N-dealkylation sites (tertiary alicyclic amines) is 1. The number of amides is 1. The zero-order valence-corrected chi connectivity index (χ0v) is 15.9. The monoisotopic (exact) mass is 364 g/mol. The predicted molar refractivity (Wildman–Crippen MR) is 107 cm³/mol. The number of terminal acetylenes is 1. The molecule has 1 amide bonds. The van der Waals surface area contributed by atoms with Crippen LogP contribution in [0, 0.1) is 18.3 Å². The lowest BCUT2D eigenvalue weighted by Gasteiger charge is -2.34. The summed E-state index contributed by atoms with van der Waals surface area (Å²) >= 11 is 0. The molecule has 1 aromatic rings. The van der Waals surface area contributed by atoms with E-state index in [-0.39, 0.29) is 11.6 Å². The molecule has 0 saturated carbocycles. The number of para-hydroxylation sites is 1. The van der Waals surface area contributed by atoms with Gasteiger partial charge in [0.15, 0.2) is 5.66 Å². The van der Waals surface area contributed by atoms with Gasteiger partial charge in [-0.25, -0.2) is 0 Å². The Balaban J connectivity index is 1.20. The maximum Gasteiger partial charge on any atom is 0.222 e. The number of hydrogen-bond acceptors (Lipinski definition) is 4. The van der Waals surface area contributed by atoms with Crippen molar-refractivity contribution in [3.8, 4) is 12.3 Å². The fourth-order valence-corrected chi connectivity index (χ4v) is 4.41. The van der Waals surface area contributed by atoms with E-state index in [1.165, 1.54) is 11.3 Å². The maximum atomic E-state index is 12.6. The maximum absolute atomic E-state index is 12.6. The molecule has 3 heterocycles. The summed E-state index contributed by atoms with van der Waals surface area (Å²) in [6.45, 7) is 4.01. The Bertz CT molecular complexity index is 752. The van der Waals surface area contributed by atoms with E-state index in [1.807, 2.05) is 4.90 Å². The molecule has 5 heteroatoms. The van der Waals surface area contributed by atoms with Crippen LogP contribution in [0.1, 0.15) is 44.1 Å². The summed E-state index contributed by atoms with van der Waals surface area (Å²) < 4.78 is 0. The second-order valence-electron chi connectivity index (χ2n) is 8.04. The summed E-state index contributed by atoms with van der Waals surface area (Å²) in [7, 11) is 0. The summed E-state index contributed by atoms with van der Waals surface area (Å²) in [6, 6.07) is 8.74. The van der Waals surface area contributed by atoms with Crippen molar-refractivity contribution in [3.05, 3.63) is 29.8 Å². The topological polar surface area (TPSA) is 48.3 Å². The van der Waals surface area contributed by atoms with E-state index < -0.39 is 0 Å². The van der Waals surface area contributed by atoms with Gasteiger partial charge in [0.1, 0.15) is 0 Å². The number of nitrogens with zero attached hydrogens (tertiary/aromatic N) is 4. The zero-order valence-electron chi connectivity index (χ0n) is 15.9. The predicted octanol–water partition coefficient (Wildman–Crippen LogP) is 3.64. The highest BCUT2D eigenvalue weighted by Gasteiger charge is 2.39. The van der Waals surface area contributed by atoms with E-state index >= 15 is 0 Å². The molecule has 142 valence electrons. The first-order valence-corrected chi connectivity index (χ1v) is 10.2. The summed E-state index contributed by atoms with van der Waals surface area (Å²) in [6.07, 6.45) is 11.4. The molecule has 0 unspecified atom stereocenters. The molecule has 1 aromatic carbocycles.